The first kappa shape index (κ1) is 18.4. The number of H-pyrrole nitrogens is 1. The number of aromatic amines is 1. The molecule has 1 saturated heterocycles. The molecule has 2 heterocycles. The van der Waals surface area contributed by atoms with Crippen LogP contribution in [0.5, 0.6) is 11.5 Å². The van der Waals surface area contributed by atoms with E-state index >= 15 is 0 Å². The van der Waals surface area contributed by atoms with Gasteiger partial charge in [0.05, 0.1) is 27.9 Å². The first-order valence-electron chi connectivity index (χ1n) is 9.70. The quantitative estimate of drug-likeness (QED) is 0.323. The maximum atomic E-state index is 13.4. The maximum absolute atomic E-state index is 13.4. The highest BCUT2D eigenvalue weighted by atomic mass is 16.3. The molecule has 2 aromatic carbocycles. The van der Waals surface area contributed by atoms with E-state index < -0.39 is 17.5 Å². The summed E-state index contributed by atoms with van der Waals surface area (Å²) in [7, 11) is 0. The molecule has 1 atom stereocenters. The van der Waals surface area contributed by atoms with Crippen molar-refractivity contribution in [1.82, 2.24) is 15.6 Å². The average Bonchev–Trinajstić information content (AvgIpc) is 3.36. The molecule has 1 aromatic heterocycles. The maximum Gasteiger partial charge on any atom is 0.254 e. The van der Waals surface area contributed by atoms with E-state index in [1.165, 1.54) is 0 Å². The lowest BCUT2D eigenvalue weighted by atomic mass is 9.83. The molecular weight excluding hydrogens is 386 g/mol. The third-order valence-electron chi connectivity index (χ3n) is 5.88. The zero-order chi connectivity index (χ0) is 21.2. The lowest BCUT2D eigenvalue weighted by molar-refractivity contribution is 0.0927. The van der Waals surface area contributed by atoms with Crippen molar-refractivity contribution in [3.05, 3.63) is 57.9 Å². The summed E-state index contributed by atoms with van der Waals surface area (Å²) < 4.78 is 0. The monoisotopic (exact) mass is 405 g/mol. The number of phenolic OH excluding ortho intramolecular Hbond substituents is 2. The lowest BCUT2D eigenvalue weighted by Crippen LogP contribution is -2.37. The molecular formula is C22H19N3O5. The average molecular weight is 405 g/mol. The molecule has 8 heteroatoms. The summed E-state index contributed by atoms with van der Waals surface area (Å²) in [5.74, 6) is -2.50. The van der Waals surface area contributed by atoms with Crippen LogP contribution in [0.15, 0.2) is 24.3 Å². The largest absolute Gasteiger partial charge is 0.506 e. The Bertz CT molecular complexity index is 1270. The van der Waals surface area contributed by atoms with Crippen molar-refractivity contribution in [2.75, 3.05) is 13.1 Å². The fourth-order valence-corrected chi connectivity index (χ4v) is 4.44. The molecule has 1 amide bonds. The van der Waals surface area contributed by atoms with Crippen LogP contribution < -0.4 is 10.6 Å². The predicted octanol–water partition coefficient (Wildman–Crippen LogP) is 1.75. The molecule has 1 aliphatic carbocycles. The highest BCUT2D eigenvalue weighted by molar-refractivity contribution is 6.34. The summed E-state index contributed by atoms with van der Waals surface area (Å²) in [6.07, 6.45) is 0.772. The summed E-state index contributed by atoms with van der Waals surface area (Å²) in [5.41, 5.74) is -0.186. The van der Waals surface area contributed by atoms with Crippen LogP contribution >= 0.6 is 0 Å². The van der Waals surface area contributed by atoms with E-state index in [9.17, 15) is 24.6 Å². The van der Waals surface area contributed by atoms with E-state index in [1.807, 2.05) is 0 Å². The van der Waals surface area contributed by atoms with Gasteiger partial charge in [-0.05, 0) is 19.9 Å². The number of carbonyl (C=O) groups excluding carboxylic acids is 3. The van der Waals surface area contributed by atoms with Crippen molar-refractivity contribution in [2.24, 2.45) is 0 Å². The Balaban J connectivity index is 1.70. The second-order valence-electron chi connectivity index (χ2n) is 7.69. The molecule has 0 spiro atoms. The number of aromatic nitrogens is 1. The highest BCUT2D eigenvalue weighted by Crippen LogP contribution is 2.44. The Morgan fingerprint density at radius 1 is 1.03 bits per heavy atom. The first-order valence-corrected chi connectivity index (χ1v) is 9.70. The Labute approximate surface area is 170 Å². The van der Waals surface area contributed by atoms with Gasteiger partial charge in [0.2, 0.25) is 11.6 Å². The summed E-state index contributed by atoms with van der Waals surface area (Å²) in [4.78, 5) is 42.4. The van der Waals surface area contributed by atoms with Crippen LogP contribution in [0.1, 0.15) is 54.4 Å². The van der Waals surface area contributed by atoms with Crippen molar-refractivity contribution >= 4 is 28.2 Å². The van der Waals surface area contributed by atoms with E-state index in [4.69, 9.17) is 0 Å². The van der Waals surface area contributed by atoms with Crippen LogP contribution in [-0.4, -0.2) is 51.8 Å². The van der Waals surface area contributed by atoms with Gasteiger partial charge in [0.1, 0.15) is 11.5 Å². The van der Waals surface area contributed by atoms with Crippen molar-refractivity contribution in [3.8, 4) is 11.5 Å². The van der Waals surface area contributed by atoms with Crippen molar-refractivity contribution in [1.29, 1.82) is 0 Å². The zero-order valence-corrected chi connectivity index (χ0v) is 16.1. The number of ketones is 2. The standard InChI is InChI=1S/C22H19N3O5/c1-9-13(22(30)25-10-6-7-23-8-10)14-17(24-9)21(29)16-15(20(14)28)18(26)11-4-2-3-5-12(11)19(16)27/h2-5,10,23-24,26-27H,6-8H2,1H3,(H,25,30)/t10-/m1/s1. The molecule has 8 nitrogen and oxygen atoms in total. The lowest BCUT2D eigenvalue weighted by Gasteiger charge is -2.20. The molecule has 5 rings (SSSR count). The van der Waals surface area contributed by atoms with Crippen molar-refractivity contribution < 1.29 is 24.6 Å². The van der Waals surface area contributed by atoms with Crippen LogP contribution in [0.4, 0.5) is 0 Å². The number of benzene rings is 2. The summed E-state index contributed by atoms with van der Waals surface area (Å²) in [6.45, 7) is 3.04. The number of amides is 1. The molecule has 5 N–H and O–H groups in total. The molecule has 0 unspecified atom stereocenters. The number of rotatable bonds is 2. The molecule has 3 aromatic rings. The normalized spacial score (nSPS) is 17.8. The third-order valence-corrected chi connectivity index (χ3v) is 5.88. The predicted molar refractivity (Wildman–Crippen MR) is 108 cm³/mol. The van der Waals surface area contributed by atoms with E-state index in [2.05, 4.69) is 15.6 Å². The van der Waals surface area contributed by atoms with Gasteiger partial charge in [0, 0.05) is 29.1 Å². The van der Waals surface area contributed by atoms with Crippen LogP contribution in [0.25, 0.3) is 10.8 Å². The number of hydrogen-bond donors (Lipinski definition) is 5. The van der Waals surface area contributed by atoms with Crippen LogP contribution in [0.3, 0.4) is 0 Å². The number of fused-ring (bicyclic) bond motifs is 3. The summed E-state index contributed by atoms with van der Waals surface area (Å²) in [6, 6.07) is 6.37. The van der Waals surface area contributed by atoms with Crippen LogP contribution in [-0.2, 0) is 0 Å². The Morgan fingerprint density at radius 3 is 2.27 bits per heavy atom. The Kier molecular flexibility index (Phi) is 3.94. The van der Waals surface area contributed by atoms with Gasteiger partial charge in [0.25, 0.3) is 5.91 Å². The smallest absolute Gasteiger partial charge is 0.254 e. The molecule has 0 radical (unpaired) electrons. The Morgan fingerprint density at radius 2 is 1.67 bits per heavy atom. The van der Waals surface area contributed by atoms with Crippen molar-refractivity contribution in [2.45, 2.75) is 19.4 Å². The fourth-order valence-electron chi connectivity index (χ4n) is 4.44. The van der Waals surface area contributed by atoms with Gasteiger partial charge in [0.15, 0.2) is 0 Å². The molecule has 30 heavy (non-hydrogen) atoms. The van der Waals surface area contributed by atoms with Crippen LogP contribution in [0, 0.1) is 6.92 Å². The molecule has 0 bridgehead atoms. The van der Waals surface area contributed by atoms with Gasteiger partial charge in [-0.2, -0.15) is 0 Å². The minimum Gasteiger partial charge on any atom is -0.506 e. The molecule has 152 valence electrons. The number of nitrogens with one attached hydrogen (secondary N) is 3. The molecule has 1 fully saturated rings. The molecule has 2 aliphatic rings. The van der Waals surface area contributed by atoms with Gasteiger partial charge in [-0.1, -0.05) is 24.3 Å². The van der Waals surface area contributed by atoms with Gasteiger partial charge in [-0.25, -0.2) is 0 Å². The summed E-state index contributed by atoms with van der Waals surface area (Å²) >= 11 is 0. The molecule has 0 saturated carbocycles. The second-order valence-corrected chi connectivity index (χ2v) is 7.69. The SMILES string of the molecule is Cc1[nH]c2c(c1C(=O)N[C@@H]1CCNC1)C(=O)c1c(c(O)c3ccccc3c1O)C2=O. The Hall–Kier alpha value is -3.65. The van der Waals surface area contributed by atoms with E-state index in [0.29, 0.717) is 12.2 Å². The minimum atomic E-state index is -0.669. The van der Waals surface area contributed by atoms with E-state index in [0.717, 1.165) is 13.0 Å². The minimum absolute atomic E-state index is 0.0512. The zero-order valence-electron chi connectivity index (χ0n) is 16.1. The van der Waals surface area contributed by atoms with E-state index in [-0.39, 0.29) is 56.3 Å². The van der Waals surface area contributed by atoms with Gasteiger partial charge in [-0.3, -0.25) is 14.4 Å². The first-order chi connectivity index (χ1) is 14.4. The molecule has 1 aliphatic heterocycles. The van der Waals surface area contributed by atoms with Crippen molar-refractivity contribution in [3.63, 3.8) is 0 Å². The van der Waals surface area contributed by atoms with Gasteiger partial charge >= 0.3 is 0 Å². The number of phenols is 2. The summed E-state index contributed by atoms with van der Waals surface area (Å²) in [5, 5.41) is 28.1. The number of carbonyl (C=O) groups is 3. The van der Waals surface area contributed by atoms with Crippen LogP contribution in [0.2, 0.25) is 0 Å². The number of hydrogen-bond acceptors (Lipinski definition) is 6. The number of aromatic hydroxyl groups is 2. The number of aryl methyl sites for hydroxylation is 1. The second kappa shape index (κ2) is 6.43. The van der Waals surface area contributed by atoms with Gasteiger partial charge in [-0.15, -0.1) is 0 Å². The highest BCUT2D eigenvalue weighted by Gasteiger charge is 2.41. The van der Waals surface area contributed by atoms with E-state index in [1.54, 1.807) is 31.2 Å². The van der Waals surface area contributed by atoms with Gasteiger partial charge < -0.3 is 25.8 Å². The topological polar surface area (TPSA) is 132 Å². The fraction of sp³-hybridized carbons (Fsp3) is 0.227. The third kappa shape index (κ3) is 2.40.